The van der Waals surface area contributed by atoms with E-state index < -0.39 is 35.5 Å². The average molecular weight is 664 g/mol. The summed E-state index contributed by atoms with van der Waals surface area (Å²) in [7, 11) is 0. The fourth-order valence-electron chi connectivity index (χ4n) is 3.64. The molecule has 0 aliphatic heterocycles. The Morgan fingerprint density at radius 2 is 1.63 bits per heavy atom. The van der Waals surface area contributed by atoms with Crippen molar-refractivity contribution in [3.8, 4) is 5.75 Å². The molecule has 0 bridgehead atoms. The van der Waals surface area contributed by atoms with Crippen molar-refractivity contribution in [1.82, 2.24) is 10.2 Å². The largest absolute Gasteiger partial charge is 1.00 e. The van der Waals surface area contributed by atoms with Crippen molar-refractivity contribution in [3.63, 3.8) is 0 Å². The van der Waals surface area contributed by atoms with Crippen LogP contribution in [0.5, 0.6) is 5.75 Å². The highest BCUT2D eigenvalue weighted by molar-refractivity contribution is 6.30. The predicted molar refractivity (Wildman–Crippen MR) is 136 cm³/mol. The summed E-state index contributed by atoms with van der Waals surface area (Å²) < 4.78 is 38.8. The van der Waals surface area contributed by atoms with Crippen molar-refractivity contribution < 1.29 is 69.9 Å². The zero-order valence-corrected chi connectivity index (χ0v) is 24.7. The summed E-state index contributed by atoms with van der Waals surface area (Å²) in [4.78, 5) is 39.5. The molecule has 0 aliphatic rings. The lowest BCUT2D eigenvalue weighted by Gasteiger charge is -2.22. The summed E-state index contributed by atoms with van der Waals surface area (Å²) in [6, 6.07) is 5.99. The molecule has 0 saturated carbocycles. The van der Waals surface area contributed by atoms with Gasteiger partial charge in [-0.1, -0.05) is 23.7 Å². The first-order valence-electron chi connectivity index (χ1n) is 11.8. The number of nitrogens with zero attached hydrogens (tertiary/aromatic N) is 1. The summed E-state index contributed by atoms with van der Waals surface area (Å²) in [5.41, 5.74) is 16.6. The van der Waals surface area contributed by atoms with Crippen molar-refractivity contribution in [2.24, 2.45) is 17.2 Å². The molecule has 8 N–H and O–H groups in total. The number of hydrogen-bond donors (Lipinski definition) is 5. The van der Waals surface area contributed by atoms with Gasteiger partial charge in [0.2, 0.25) is 11.8 Å². The number of rotatable bonds is 13. The van der Waals surface area contributed by atoms with Crippen LogP contribution in [-0.4, -0.2) is 59.4 Å². The number of nitrogens with two attached hydrogens (primary N) is 3. The van der Waals surface area contributed by atoms with E-state index in [1.165, 1.54) is 35.2 Å². The second kappa shape index (κ2) is 19.0. The Labute approximate surface area is 259 Å². The Hall–Kier alpha value is -2.32. The second-order valence-electron chi connectivity index (χ2n) is 8.65. The monoisotopic (exact) mass is 662 g/mol. The fraction of sp³-hybridized carbons (Fsp3) is 0.400. The highest BCUT2D eigenvalue weighted by Crippen LogP contribution is 2.29. The highest BCUT2D eigenvalue weighted by Gasteiger charge is 2.30. The molecule has 2 atom stereocenters. The topological polar surface area (TPSA) is 165 Å². The average Bonchev–Trinajstić information content (AvgIpc) is 2.87. The Morgan fingerprint density at radius 1 is 1.02 bits per heavy atom. The Morgan fingerprint density at radius 3 is 2.17 bits per heavy atom. The number of aromatic hydroxyl groups is 1. The minimum Gasteiger partial charge on any atom is -1.00 e. The van der Waals surface area contributed by atoms with E-state index in [-0.39, 0.29) is 105 Å². The van der Waals surface area contributed by atoms with Gasteiger partial charge in [0.05, 0.1) is 24.3 Å². The number of benzene rings is 2. The third kappa shape index (κ3) is 13.0. The maximum atomic E-state index is 13.2. The second-order valence-corrected chi connectivity index (χ2v) is 9.09. The lowest BCUT2D eigenvalue weighted by molar-refractivity contribution is -0.137. The highest BCUT2D eigenvalue weighted by atomic mass is 35.5. The molecular formula is C25H31Cl4F3N5O4-3. The summed E-state index contributed by atoms with van der Waals surface area (Å²) in [6.45, 7) is 0.416. The van der Waals surface area contributed by atoms with Crippen molar-refractivity contribution >= 4 is 29.2 Å². The van der Waals surface area contributed by atoms with Crippen LogP contribution in [0.4, 0.5) is 13.2 Å². The Balaban J connectivity index is 0. The number of amides is 2. The molecule has 2 amide bonds. The van der Waals surface area contributed by atoms with E-state index >= 15 is 0 Å². The molecule has 0 heterocycles. The van der Waals surface area contributed by atoms with Crippen LogP contribution in [0.2, 0.25) is 5.02 Å². The first-order valence-corrected chi connectivity index (χ1v) is 12.1. The van der Waals surface area contributed by atoms with Crippen LogP contribution in [-0.2, 0) is 33.4 Å². The minimum atomic E-state index is -4.53. The summed E-state index contributed by atoms with van der Waals surface area (Å²) in [5, 5.41) is 12.9. The third-order valence-electron chi connectivity index (χ3n) is 5.81. The van der Waals surface area contributed by atoms with Crippen LogP contribution in [0.25, 0.3) is 0 Å². The zero-order chi connectivity index (χ0) is 28.5. The number of halogens is 7. The molecule has 2 aromatic rings. The number of ketones is 1. The van der Waals surface area contributed by atoms with Crippen LogP contribution in [0.3, 0.4) is 0 Å². The molecule has 232 valence electrons. The number of hydrogen-bond acceptors (Lipinski definition) is 7. The van der Waals surface area contributed by atoms with Crippen LogP contribution < -0.4 is 59.7 Å². The van der Waals surface area contributed by atoms with Crippen molar-refractivity contribution in [2.75, 3.05) is 19.8 Å². The van der Waals surface area contributed by atoms with Crippen LogP contribution in [0, 0.1) is 0 Å². The third-order valence-corrected chi connectivity index (χ3v) is 6.05. The van der Waals surface area contributed by atoms with E-state index in [1.807, 2.05) is 0 Å². The van der Waals surface area contributed by atoms with Gasteiger partial charge in [0, 0.05) is 36.5 Å². The number of Topliss-reactive ketones (excluding diaryl/α,β-unsaturated/α-hetero) is 1. The van der Waals surface area contributed by atoms with Crippen LogP contribution >= 0.6 is 11.6 Å². The number of alkyl halides is 3. The number of carbonyl (C=O) groups excluding carboxylic acids is 3. The fourth-order valence-corrected chi connectivity index (χ4v) is 3.83. The lowest BCUT2D eigenvalue weighted by Crippen LogP contribution is -3.00. The minimum absolute atomic E-state index is 0. The molecule has 0 spiro atoms. The predicted octanol–water partition coefficient (Wildman–Crippen LogP) is -7.27. The van der Waals surface area contributed by atoms with Crippen molar-refractivity contribution in [2.45, 2.75) is 43.9 Å². The van der Waals surface area contributed by atoms with E-state index in [4.69, 9.17) is 28.8 Å². The quantitative estimate of drug-likeness (QED) is 0.133. The Kier molecular flexibility index (Phi) is 18.9. The van der Waals surface area contributed by atoms with Gasteiger partial charge in [0.15, 0.2) is 5.78 Å². The van der Waals surface area contributed by atoms with E-state index in [2.05, 4.69) is 5.32 Å². The maximum Gasteiger partial charge on any atom is 0.416 e. The molecule has 0 aliphatic carbocycles. The molecule has 41 heavy (non-hydrogen) atoms. The van der Waals surface area contributed by atoms with Gasteiger partial charge >= 0.3 is 6.18 Å². The molecule has 9 nitrogen and oxygen atoms in total. The van der Waals surface area contributed by atoms with Gasteiger partial charge in [-0.2, -0.15) is 13.2 Å². The van der Waals surface area contributed by atoms with Gasteiger partial charge in [-0.25, -0.2) is 0 Å². The van der Waals surface area contributed by atoms with E-state index in [1.54, 1.807) is 0 Å². The number of phenolic OH excluding ortho intramolecular Hbond substituents is 1. The number of phenols is 1. The van der Waals surface area contributed by atoms with Crippen molar-refractivity contribution in [3.05, 3.63) is 64.2 Å². The summed E-state index contributed by atoms with van der Waals surface area (Å²) >= 11 is 5.95. The smallest absolute Gasteiger partial charge is 0.416 e. The molecule has 2 aromatic carbocycles. The van der Waals surface area contributed by atoms with Gasteiger partial charge in [-0.15, -0.1) is 0 Å². The SMILES string of the molecule is NCCN(CN)C(=O)CC[C@H](N)C(=O)N[C@H](Cc1ccc(C(F)(F)F)cc1)C(=O)Cc1cc(Cl)ccc1O.[Cl-].[Cl-].[Cl-]. The van der Waals surface area contributed by atoms with Gasteiger partial charge in [0.25, 0.3) is 0 Å². The summed E-state index contributed by atoms with van der Waals surface area (Å²) in [5.74, 6) is -1.78. The number of carbonyl (C=O) groups is 3. The molecule has 0 unspecified atom stereocenters. The molecule has 0 radical (unpaired) electrons. The molecule has 0 aromatic heterocycles. The van der Waals surface area contributed by atoms with Gasteiger partial charge in [-0.3, -0.25) is 14.4 Å². The molecule has 0 fully saturated rings. The lowest BCUT2D eigenvalue weighted by atomic mass is 9.96. The van der Waals surface area contributed by atoms with Gasteiger partial charge in [0.1, 0.15) is 5.75 Å². The van der Waals surface area contributed by atoms with Gasteiger partial charge < -0.3 is 69.7 Å². The molecular weight excluding hydrogens is 633 g/mol. The van der Waals surface area contributed by atoms with E-state index in [0.717, 1.165) is 12.1 Å². The standard InChI is InChI=1S/C25H31ClF3N5O4.3ClH/c26-18-5-7-21(35)16(12-18)13-22(36)20(11-15-1-3-17(4-2-15)25(27,28)29)33-24(38)19(32)6-8-23(37)34(14-31)10-9-30;;;/h1-5,7,12,19-20,35H,6,8-11,13-14,30-32H2,(H,33,38);3*1H/p-3/t19-,20+;;;/m0.../s1. The van der Waals surface area contributed by atoms with E-state index in [0.29, 0.717) is 5.56 Å². The van der Waals surface area contributed by atoms with Crippen molar-refractivity contribution in [1.29, 1.82) is 0 Å². The molecule has 0 saturated heterocycles. The molecule has 16 heteroatoms. The maximum absolute atomic E-state index is 13.2. The van der Waals surface area contributed by atoms with E-state index in [9.17, 15) is 32.7 Å². The van der Waals surface area contributed by atoms with Crippen LogP contribution in [0.1, 0.15) is 29.5 Å². The molecule has 2 rings (SSSR count). The first kappa shape index (κ1) is 40.8. The zero-order valence-electron chi connectivity index (χ0n) is 21.6. The van der Waals surface area contributed by atoms with Crippen LogP contribution in [0.15, 0.2) is 42.5 Å². The van der Waals surface area contributed by atoms with Gasteiger partial charge in [-0.05, 0) is 48.7 Å². The summed E-state index contributed by atoms with van der Waals surface area (Å²) in [6.07, 6.45) is -5.09. The number of nitrogens with one attached hydrogen (secondary N) is 1. The first-order chi connectivity index (χ1) is 17.8. The Bertz CT molecular complexity index is 1130. The normalized spacial score (nSPS) is 12.1.